The van der Waals surface area contributed by atoms with E-state index < -0.39 is 6.17 Å². The molecule has 0 saturated heterocycles. The Kier molecular flexibility index (Phi) is 6.30. The van der Waals surface area contributed by atoms with Gasteiger partial charge in [-0.05, 0) is 43.9 Å². The van der Waals surface area contributed by atoms with E-state index in [0.29, 0.717) is 12.1 Å². The van der Waals surface area contributed by atoms with Gasteiger partial charge in [-0.15, -0.1) is 6.58 Å². The van der Waals surface area contributed by atoms with Gasteiger partial charge in [0.1, 0.15) is 6.17 Å². The van der Waals surface area contributed by atoms with Crippen LogP contribution < -0.4 is 0 Å². The SMILES string of the molecule is C=CCn1cnc(C2=CC=CCC2)c1C(/C=C\C)=C/C(=C)C(C)F. The first-order valence-electron chi connectivity index (χ1n) is 8.28. The molecule has 0 N–H and O–H groups in total. The molecule has 0 bridgehead atoms. The van der Waals surface area contributed by atoms with Crippen molar-refractivity contribution in [1.82, 2.24) is 9.55 Å². The summed E-state index contributed by atoms with van der Waals surface area (Å²) in [5.74, 6) is 0. The van der Waals surface area contributed by atoms with Gasteiger partial charge in [0.25, 0.3) is 0 Å². The fourth-order valence-electron chi connectivity index (χ4n) is 2.69. The summed E-state index contributed by atoms with van der Waals surface area (Å²) in [5, 5.41) is 0. The lowest BCUT2D eigenvalue weighted by Crippen LogP contribution is -2.03. The lowest BCUT2D eigenvalue weighted by Gasteiger charge is -2.14. The lowest BCUT2D eigenvalue weighted by atomic mass is 9.96. The molecule has 2 rings (SSSR count). The molecule has 2 nitrogen and oxygen atoms in total. The molecule has 24 heavy (non-hydrogen) atoms. The van der Waals surface area contributed by atoms with Gasteiger partial charge in [0, 0.05) is 12.1 Å². The van der Waals surface area contributed by atoms with Crippen LogP contribution >= 0.6 is 0 Å². The molecule has 1 unspecified atom stereocenters. The lowest BCUT2D eigenvalue weighted by molar-refractivity contribution is 0.418. The standard InChI is InChI=1S/C21H25FN2/c1-5-10-19(14-16(3)17(4)22)21-20(18-11-8-7-9-12-18)23-15-24(21)13-6-2/h5-8,10-11,14-15,17H,2-3,9,12-13H2,1,4H3/b10-5-,19-14+. The van der Waals surface area contributed by atoms with Gasteiger partial charge in [-0.1, -0.05) is 43.0 Å². The second-order valence-corrected chi connectivity index (χ2v) is 5.83. The van der Waals surface area contributed by atoms with Gasteiger partial charge in [0.05, 0.1) is 17.7 Å². The van der Waals surface area contributed by atoms with E-state index in [0.717, 1.165) is 29.8 Å². The Morgan fingerprint density at radius 2 is 2.29 bits per heavy atom. The molecule has 1 atom stereocenters. The maximum absolute atomic E-state index is 13.6. The van der Waals surface area contributed by atoms with E-state index in [-0.39, 0.29) is 0 Å². The minimum absolute atomic E-state index is 0.456. The minimum atomic E-state index is -1.08. The van der Waals surface area contributed by atoms with Crippen LogP contribution in [0.25, 0.3) is 11.1 Å². The number of aromatic nitrogens is 2. The van der Waals surface area contributed by atoms with Crippen molar-refractivity contribution in [3.63, 3.8) is 0 Å². The van der Waals surface area contributed by atoms with E-state index in [4.69, 9.17) is 0 Å². The summed E-state index contributed by atoms with van der Waals surface area (Å²) >= 11 is 0. The van der Waals surface area contributed by atoms with Crippen LogP contribution in [-0.2, 0) is 6.54 Å². The van der Waals surface area contributed by atoms with Crippen molar-refractivity contribution in [3.05, 3.63) is 79.0 Å². The molecule has 3 heteroatoms. The number of halogens is 1. The van der Waals surface area contributed by atoms with Crippen LogP contribution in [0.5, 0.6) is 0 Å². The van der Waals surface area contributed by atoms with Crippen molar-refractivity contribution in [1.29, 1.82) is 0 Å². The molecule has 1 aliphatic rings. The number of alkyl halides is 1. The van der Waals surface area contributed by atoms with E-state index in [1.54, 1.807) is 0 Å². The second kappa shape index (κ2) is 8.44. The molecule has 126 valence electrons. The highest BCUT2D eigenvalue weighted by molar-refractivity contribution is 5.82. The number of hydrogen-bond donors (Lipinski definition) is 0. The van der Waals surface area contributed by atoms with Crippen molar-refractivity contribution in [2.24, 2.45) is 0 Å². The Labute approximate surface area is 144 Å². The molecule has 0 saturated carbocycles. The average molecular weight is 324 g/mol. The molecule has 1 aromatic rings. The predicted molar refractivity (Wildman–Crippen MR) is 101 cm³/mol. The number of imidazole rings is 1. The maximum atomic E-state index is 13.6. The van der Waals surface area contributed by atoms with E-state index in [2.05, 4.69) is 36.4 Å². The zero-order valence-corrected chi connectivity index (χ0v) is 14.5. The summed E-state index contributed by atoms with van der Waals surface area (Å²) in [5.41, 5.74) is 4.50. The highest BCUT2D eigenvalue weighted by Gasteiger charge is 2.18. The van der Waals surface area contributed by atoms with Crippen LogP contribution in [0.3, 0.4) is 0 Å². The van der Waals surface area contributed by atoms with E-state index in [9.17, 15) is 4.39 Å². The first-order valence-corrected chi connectivity index (χ1v) is 8.28. The Hall–Kier alpha value is -2.42. The summed E-state index contributed by atoms with van der Waals surface area (Å²) in [4.78, 5) is 4.63. The van der Waals surface area contributed by atoms with Crippen molar-refractivity contribution >= 4 is 11.1 Å². The van der Waals surface area contributed by atoms with E-state index in [1.807, 2.05) is 42.1 Å². The Morgan fingerprint density at radius 1 is 1.50 bits per heavy atom. The van der Waals surface area contributed by atoms with Crippen LogP contribution in [0.15, 0.2) is 67.6 Å². The molecule has 0 amide bonds. The molecule has 0 aliphatic heterocycles. The number of nitrogens with zero attached hydrogens (tertiary/aromatic N) is 2. The first-order chi connectivity index (χ1) is 11.6. The van der Waals surface area contributed by atoms with Gasteiger partial charge in [-0.25, -0.2) is 9.37 Å². The van der Waals surface area contributed by atoms with Gasteiger partial charge in [0.2, 0.25) is 0 Å². The Bertz CT molecular complexity index is 727. The van der Waals surface area contributed by atoms with Crippen LogP contribution in [0, 0.1) is 0 Å². The zero-order chi connectivity index (χ0) is 17.5. The summed E-state index contributed by atoms with van der Waals surface area (Å²) in [6, 6.07) is 0. The van der Waals surface area contributed by atoms with E-state index in [1.165, 1.54) is 12.5 Å². The summed E-state index contributed by atoms with van der Waals surface area (Å²) in [6.07, 6.45) is 16.6. The first kappa shape index (κ1) is 17.9. The third-order valence-corrected chi connectivity index (χ3v) is 3.95. The smallest absolute Gasteiger partial charge is 0.122 e. The van der Waals surface area contributed by atoms with Crippen molar-refractivity contribution < 1.29 is 4.39 Å². The van der Waals surface area contributed by atoms with Gasteiger partial charge in [0.15, 0.2) is 0 Å². The molecule has 1 heterocycles. The average Bonchev–Trinajstić information content (AvgIpc) is 2.99. The Balaban J connectivity index is 2.60. The van der Waals surface area contributed by atoms with Gasteiger partial charge >= 0.3 is 0 Å². The van der Waals surface area contributed by atoms with Crippen molar-refractivity contribution in [2.75, 3.05) is 0 Å². The molecule has 1 aliphatic carbocycles. The molecule has 0 aromatic carbocycles. The third kappa shape index (κ3) is 4.10. The normalized spacial score (nSPS) is 16.3. The molecule has 1 aromatic heterocycles. The largest absolute Gasteiger partial charge is 0.326 e. The fraction of sp³-hybridized carbons (Fsp3) is 0.286. The number of hydrogen-bond acceptors (Lipinski definition) is 1. The summed E-state index contributed by atoms with van der Waals surface area (Å²) in [7, 11) is 0. The Morgan fingerprint density at radius 3 is 2.88 bits per heavy atom. The molecular weight excluding hydrogens is 299 g/mol. The molecule has 0 fully saturated rings. The zero-order valence-electron chi connectivity index (χ0n) is 14.5. The van der Waals surface area contributed by atoms with Gasteiger partial charge < -0.3 is 4.57 Å². The van der Waals surface area contributed by atoms with Crippen LogP contribution in [0.1, 0.15) is 38.1 Å². The molecule has 0 spiro atoms. The van der Waals surface area contributed by atoms with Crippen LogP contribution in [0.2, 0.25) is 0 Å². The fourth-order valence-corrected chi connectivity index (χ4v) is 2.69. The third-order valence-electron chi connectivity index (χ3n) is 3.95. The number of rotatable bonds is 7. The molecule has 0 radical (unpaired) electrons. The monoisotopic (exact) mass is 324 g/mol. The highest BCUT2D eigenvalue weighted by atomic mass is 19.1. The summed E-state index contributed by atoms with van der Waals surface area (Å²) < 4.78 is 15.7. The quantitative estimate of drug-likeness (QED) is 0.466. The molecular formula is C21H25FN2. The van der Waals surface area contributed by atoms with E-state index >= 15 is 0 Å². The van der Waals surface area contributed by atoms with Crippen LogP contribution in [0.4, 0.5) is 4.39 Å². The highest BCUT2D eigenvalue weighted by Crippen LogP contribution is 2.31. The van der Waals surface area contributed by atoms with Crippen LogP contribution in [-0.4, -0.2) is 15.7 Å². The topological polar surface area (TPSA) is 17.8 Å². The predicted octanol–water partition coefficient (Wildman–Crippen LogP) is 5.68. The maximum Gasteiger partial charge on any atom is 0.122 e. The van der Waals surface area contributed by atoms with Gasteiger partial charge in [-0.3, -0.25) is 0 Å². The van der Waals surface area contributed by atoms with Crippen molar-refractivity contribution in [3.8, 4) is 0 Å². The minimum Gasteiger partial charge on any atom is -0.326 e. The van der Waals surface area contributed by atoms with Crippen molar-refractivity contribution in [2.45, 2.75) is 39.4 Å². The summed E-state index contributed by atoms with van der Waals surface area (Å²) in [6.45, 7) is 11.8. The second-order valence-electron chi connectivity index (χ2n) is 5.83. The van der Waals surface area contributed by atoms with Gasteiger partial charge in [-0.2, -0.15) is 0 Å². The number of allylic oxidation sites excluding steroid dienone is 10.